The maximum atomic E-state index is 12.3. The second kappa shape index (κ2) is 5.92. The number of rotatable bonds is 4. The van der Waals surface area contributed by atoms with Crippen LogP contribution >= 0.6 is 23.2 Å². The molecule has 0 aliphatic heterocycles. The highest BCUT2D eigenvalue weighted by atomic mass is 35.5. The van der Waals surface area contributed by atoms with E-state index in [2.05, 4.69) is 14.7 Å². The van der Waals surface area contributed by atoms with Crippen LogP contribution in [0.5, 0.6) is 0 Å². The minimum absolute atomic E-state index is 0.0107. The van der Waals surface area contributed by atoms with Gasteiger partial charge in [-0.25, -0.2) is 18.4 Å². The van der Waals surface area contributed by atoms with Crippen molar-refractivity contribution in [3.05, 3.63) is 46.5 Å². The molecule has 106 valence electrons. The highest BCUT2D eigenvalue weighted by Crippen LogP contribution is 2.29. The van der Waals surface area contributed by atoms with Crippen molar-refractivity contribution in [3.8, 4) is 0 Å². The molecular weight excluding hydrogens is 323 g/mol. The smallest absolute Gasteiger partial charge is 0.263 e. The molecule has 3 N–H and O–H groups in total. The van der Waals surface area contributed by atoms with Crippen LogP contribution in [0.2, 0.25) is 10.0 Å². The Morgan fingerprint density at radius 1 is 1.15 bits per heavy atom. The fourth-order valence-corrected chi connectivity index (χ4v) is 3.40. The number of hydrogen-bond acceptors (Lipinski definition) is 5. The third-order valence-corrected chi connectivity index (χ3v) is 4.62. The van der Waals surface area contributed by atoms with Crippen LogP contribution in [0, 0.1) is 0 Å². The van der Waals surface area contributed by atoms with E-state index in [1.165, 1.54) is 30.9 Å². The van der Waals surface area contributed by atoms with Crippen molar-refractivity contribution >= 4 is 38.9 Å². The Hall–Kier alpha value is -1.41. The first-order valence-electron chi connectivity index (χ1n) is 5.40. The van der Waals surface area contributed by atoms with Gasteiger partial charge in [0.25, 0.3) is 10.0 Å². The zero-order valence-corrected chi connectivity index (χ0v) is 12.4. The molecule has 0 saturated heterocycles. The second-order valence-electron chi connectivity index (χ2n) is 3.81. The molecule has 1 aromatic heterocycles. The Morgan fingerprint density at radius 2 is 1.80 bits per heavy atom. The zero-order chi connectivity index (χ0) is 14.8. The van der Waals surface area contributed by atoms with E-state index in [1.54, 1.807) is 0 Å². The van der Waals surface area contributed by atoms with E-state index in [9.17, 15) is 8.42 Å². The quantitative estimate of drug-likeness (QED) is 0.892. The van der Waals surface area contributed by atoms with Gasteiger partial charge in [0.05, 0.1) is 23.1 Å². The average molecular weight is 333 g/mol. The van der Waals surface area contributed by atoms with Crippen LogP contribution in [0.4, 0.5) is 5.69 Å². The third-order valence-electron chi connectivity index (χ3n) is 2.42. The van der Waals surface area contributed by atoms with E-state index in [0.717, 1.165) is 0 Å². The van der Waals surface area contributed by atoms with Crippen molar-refractivity contribution in [1.29, 1.82) is 0 Å². The molecule has 0 atom stereocenters. The monoisotopic (exact) mass is 332 g/mol. The van der Waals surface area contributed by atoms with Crippen LogP contribution < -0.4 is 10.5 Å². The number of aromatic nitrogens is 2. The van der Waals surface area contributed by atoms with E-state index < -0.39 is 10.0 Å². The van der Waals surface area contributed by atoms with Gasteiger partial charge in [0.15, 0.2) is 0 Å². The maximum absolute atomic E-state index is 12.3. The summed E-state index contributed by atoms with van der Waals surface area (Å²) in [5, 5.41) is 0.330. The predicted molar refractivity (Wildman–Crippen MR) is 77.2 cm³/mol. The largest absolute Gasteiger partial charge is 0.326 e. The Kier molecular flexibility index (Phi) is 4.44. The number of nitrogens with zero attached hydrogens (tertiary/aromatic N) is 2. The molecular formula is C11H10Cl2N4O2S. The Balaban J connectivity index is 2.44. The summed E-state index contributed by atoms with van der Waals surface area (Å²) in [5.41, 5.74) is 6.22. The lowest BCUT2D eigenvalue weighted by molar-refractivity contribution is 0.601. The molecule has 1 aromatic carbocycles. The summed E-state index contributed by atoms with van der Waals surface area (Å²) in [6.07, 6.45) is 3.95. The minimum Gasteiger partial charge on any atom is -0.326 e. The van der Waals surface area contributed by atoms with Crippen LogP contribution in [-0.4, -0.2) is 18.4 Å². The lowest BCUT2D eigenvalue weighted by Crippen LogP contribution is -2.14. The molecule has 20 heavy (non-hydrogen) atoms. The van der Waals surface area contributed by atoms with E-state index in [-0.39, 0.29) is 22.2 Å². The number of nitrogens with one attached hydrogen (secondary N) is 1. The van der Waals surface area contributed by atoms with Crippen molar-refractivity contribution in [1.82, 2.24) is 9.97 Å². The van der Waals surface area contributed by atoms with E-state index in [0.29, 0.717) is 10.6 Å². The summed E-state index contributed by atoms with van der Waals surface area (Å²) in [6.45, 7) is 0.104. The van der Waals surface area contributed by atoms with E-state index in [1.807, 2.05) is 0 Å². The van der Waals surface area contributed by atoms with Gasteiger partial charge in [0.1, 0.15) is 11.2 Å². The maximum Gasteiger partial charge on any atom is 0.263 e. The Morgan fingerprint density at radius 3 is 2.40 bits per heavy atom. The van der Waals surface area contributed by atoms with Gasteiger partial charge in [-0.1, -0.05) is 23.2 Å². The number of hydrogen-bond donors (Lipinski definition) is 2. The van der Waals surface area contributed by atoms with Crippen molar-refractivity contribution < 1.29 is 8.42 Å². The van der Waals surface area contributed by atoms with Crippen LogP contribution in [0.15, 0.2) is 35.7 Å². The fraction of sp³-hybridized carbons (Fsp3) is 0.0909. The molecule has 2 aromatic rings. The molecule has 0 spiro atoms. The molecule has 0 aliphatic carbocycles. The molecule has 1 heterocycles. The summed E-state index contributed by atoms with van der Waals surface area (Å²) < 4.78 is 26.9. The molecule has 0 bridgehead atoms. The van der Waals surface area contributed by atoms with Gasteiger partial charge in [0.2, 0.25) is 0 Å². The van der Waals surface area contributed by atoms with Gasteiger partial charge in [-0.2, -0.15) is 0 Å². The van der Waals surface area contributed by atoms with Crippen LogP contribution in [-0.2, 0) is 16.6 Å². The van der Waals surface area contributed by atoms with Crippen LogP contribution in [0.25, 0.3) is 0 Å². The predicted octanol–water partition coefficient (Wildman–Crippen LogP) is 2.04. The number of halogens is 2. The molecule has 0 unspecified atom stereocenters. The highest BCUT2D eigenvalue weighted by Gasteiger charge is 2.20. The summed E-state index contributed by atoms with van der Waals surface area (Å²) in [7, 11) is -3.87. The molecule has 9 heteroatoms. The van der Waals surface area contributed by atoms with Crippen molar-refractivity contribution in [3.63, 3.8) is 0 Å². The topological polar surface area (TPSA) is 98.0 Å². The number of sulfonamides is 1. The average Bonchev–Trinajstić information content (AvgIpc) is 2.39. The Bertz CT molecular complexity index is 723. The van der Waals surface area contributed by atoms with Crippen molar-refractivity contribution in [2.24, 2.45) is 5.73 Å². The third kappa shape index (κ3) is 3.18. The lowest BCUT2D eigenvalue weighted by Gasteiger charge is -2.11. The number of benzene rings is 1. The molecule has 0 amide bonds. The first kappa shape index (κ1) is 15.0. The fourth-order valence-electron chi connectivity index (χ4n) is 1.50. The summed E-state index contributed by atoms with van der Waals surface area (Å²) >= 11 is 11.8. The summed E-state index contributed by atoms with van der Waals surface area (Å²) in [5.74, 6) is 0. The van der Waals surface area contributed by atoms with Gasteiger partial charge in [-0.3, -0.25) is 4.72 Å². The van der Waals surface area contributed by atoms with Gasteiger partial charge in [0, 0.05) is 11.6 Å². The second-order valence-corrected chi connectivity index (χ2v) is 6.28. The van der Waals surface area contributed by atoms with E-state index >= 15 is 0 Å². The highest BCUT2D eigenvalue weighted by molar-refractivity contribution is 7.92. The van der Waals surface area contributed by atoms with Crippen LogP contribution in [0.3, 0.4) is 0 Å². The summed E-state index contributed by atoms with van der Waals surface area (Å²) in [6, 6.07) is 2.69. The van der Waals surface area contributed by atoms with Gasteiger partial charge in [-0.15, -0.1) is 0 Å². The summed E-state index contributed by atoms with van der Waals surface area (Å²) in [4.78, 5) is 7.34. The molecule has 2 rings (SSSR count). The first-order valence-corrected chi connectivity index (χ1v) is 7.64. The molecule has 0 aliphatic rings. The van der Waals surface area contributed by atoms with E-state index in [4.69, 9.17) is 28.9 Å². The lowest BCUT2D eigenvalue weighted by atomic mass is 10.2. The normalized spacial score (nSPS) is 11.3. The van der Waals surface area contributed by atoms with Gasteiger partial charge < -0.3 is 5.73 Å². The Labute approximate surface area is 126 Å². The van der Waals surface area contributed by atoms with Gasteiger partial charge >= 0.3 is 0 Å². The SMILES string of the molecule is NCc1cc(S(=O)(=O)Nc2cncnc2)c(Cl)cc1Cl. The van der Waals surface area contributed by atoms with Crippen LogP contribution in [0.1, 0.15) is 5.56 Å². The first-order chi connectivity index (χ1) is 9.44. The van der Waals surface area contributed by atoms with Crippen molar-refractivity contribution in [2.75, 3.05) is 4.72 Å². The molecule has 0 fully saturated rings. The molecule has 0 radical (unpaired) electrons. The standard InChI is InChI=1S/C11H10Cl2N4O2S/c12-9-2-10(13)11(1-7(9)3-14)20(18,19)17-8-4-15-6-16-5-8/h1-2,4-6,17H,3,14H2. The zero-order valence-electron chi connectivity index (χ0n) is 10.0. The van der Waals surface area contributed by atoms with Crippen molar-refractivity contribution in [2.45, 2.75) is 11.4 Å². The number of anilines is 1. The number of nitrogens with two attached hydrogens (primary N) is 1. The van der Waals surface area contributed by atoms with Gasteiger partial charge in [-0.05, 0) is 17.7 Å². The minimum atomic E-state index is -3.87. The molecule has 6 nitrogen and oxygen atoms in total. The molecule has 0 saturated carbocycles.